The molecule has 6 nitrogen and oxygen atoms in total. The van der Waals surface area contributed by atoms with Crippen LogP contribution >= 0.6 is 23.1 Å². The fourth-order valence-electron chi connectivity index (χ4n) is 1.99. The molecule has 0 aliphatic heterocycles. The van der Waals surface area contributed by atoms with Gasteiger partial charge >= 0.3 is 0 Å². The highest BCUT2D eigenvalue weighted by molar-refractivity contribution is 8.00. The van der Waals surface area contributed by atoms with E-state index >= 15 is 0 Å². The summed E-state index contributed by atoms with van der Waals surface area (Å²) in [5.74, 6) is 1.48. The van der Waals surface area contributed by atoms with Crippen molar-refractivity contribution < 1.29 is 9.52 Å². The molecule has 8 heteroatoms. The summed E-state index contributed by atoms with van der Waals surface area (Å²) in [5, 5.41) is 12.6. The van der Waals surface area contributed by atoms with Crippen molar-refractivity contribution in [3.63, 3.8) is 0 Å². The van der Waals surface area contributed by atoms with Gasteiger partial charge in [0.25, 0.3) is 0 Å². The summed E-state index contributed by atoms with van der Waals surface area (Å²) in [6.07, 6.45) is 5.63. The average molecular weight is 322 g/mol. The molecule has 0 amide bonds. The van der Waals surface area contributed by atoms with E-state index in [1.165, 1.54) is 6.33 Å². The second-order valence-electron chi connectivity index (χ2n) is 4.28. The third-order valence-electron chi connectivity index (χ3n) is 2.96. The molecule has 0 aliphatic rings. The van der Waals surface area contributed by atoms with Gasteiger partial charge in [-0.25, -0.2) is 15.0 Å². The minimum absolute atomic E-state index is 0.0609. The summed E-state index contributed by atoms with van der Waals surface area (Å²) < 4.78 is 7.29. The van der Waals surface area contributed by atoms with E-state index in [4.69, 9.17) is 4.42 Å². The summed E-state index contributed by atoms with van der Waals surface area (Å²) in [4.78, 5) is 12.9. The Balaban J connectivity index is 1.93. The number of fused-ring (bicyclic) bond motifs is 1. The van der Waals surface area contributed by atoms with Crippen LogP contribution in [0.1, 0.15) is 18.2 Å². The van der Waals surface area contributed by atoms with Crippen LogP contribution in [0.25, 0.3) is 10.3 Å². The highest BCUT2D eigenvalue weighted by Gasteiger charge is 2.17. The minimum atomic E-state index is -0.136. The maximum Gasteiger partial charge on any atom is 0.176 e. The van der Waals surface area contributed by atoms with Gasteiger partial charge in [0, 0.05) is 6.61 Å². The van der Waals surface area contributed by atoms with Crippen LogP contribution in [0.5, 0.6) is 0 Å². The molecule has 3 heterocycles. The molecule has 1 unspecified atom stereocenters. The molecule has 0 spiro atoms. The first-order valence-electron chi connectivity index (χ1n) is 6.38. The Morgan fingerprint density at radius 3 is 3.10 bits per heavy atom. The fourth-order valence-corrected chi connectivity index (χ4v) is 3.46. The average Bonchev–Trinajstić information content (AvgIpc) is 3.16. The van der Waals surface area contributed by atoms with E-state index in [1.54, 1.807) is 29.4 Å². The lowest BCUT2D eigenvalue weighted by atomic mass is 10.1. The van der Waals surface area contributed by atoms with Crippen molar-refractivity contribution in [2.24, 2.45) is 0 Å². The van der Waals surface area contributed by atoms with E-state index in [1.807, 2.05) is 18.4 Å². The second kappa shape index (κ2) is 6.42. The zero-order chi connectivity index (χ0) is 14.7. The van der Waals surface area contributed by atoms with Gasteiger partial charge in [0.05, 0.1) is 12.3 Å². The van der Waals surface area contributed by atoms with Crippen LogP contribution in [-0.2, 0) is 0 Å². The van der Waals surface area contributed by atoms with Crippen LogP contribution in [0, 0.1) is 0 Å². The first kappa shape index (κ1) is 14.3. The minimum Gasteiger partial charge on any atom is -0.467 e. The first-order chi connectivity index (χ1) is 10.3. The van der Waals surface area contributed by atoms with Crippen LogP contribution in [0.2, 0.25) is 0 Å². The first-order valence-corrected chi connectivity index (χ1v) is 8.42. The lowest BCUT2D eigenvalue weighted by Gasteiger charge is -2.16. The second-order valence-corrected chi connectivity index (χ2v) is 6.34. The number of aliphatic hydroxyl groups is 1. The van der Waals surface area contributed by atoms with Crippen molar-refractivity contribution in [3.05, 3.63) is 30.5 Å². The fraction of sp³-hybridized carbons (Fsp3) is 0.308. The smallest absolute Gasteiger partial charge is 0.176 e. The van der Waals surface area contributed by atoms with Gasteiger partial charge in [0.1, 0.15) is 22.6 Å². The number of aromatic nitrogens is 3. The van der Waals surface area contributed by atoms with Crippen molar-refractivity contribution in [3.8, 4) is 0 Å². The summed E-state index contributed by atoms with van der Waals surface area (Å²) in [5.41, 5.74) is 0.684. The van der Waals surface area contributed by atoms with Gasteiger partial charge in [0.2, 0.25) is 0 Å². The maximum atomic E-state index is 9.24. The quantitative estimate of drug-likeness (QED) is 0.675. The summed E-state index contributed by atoms with van der Waals surface area (Å²) in [6, 6.07) is 3.57. The Morgan fingerprint density at radius 2 is 2.38 bits per heavy atom. The van der Waals surface area contributed by atoms with E-state index in [0.29, 0.717) is 17.9 Å². The highest BCUT2D eigenvalue weighted by atomic mass is 32.2. The molecular formula is C13H14N4O2S2. The predicted octanol–water partition coefficient (Wildman–Crippen LogP) is 2.94. The summed E-state index contributed by atoms with van der Waals surface area (Å²) in [7, 11) is 0. The Morgan fingerprint density at radius 1 is 1.48 bits per heavy atom. The molecular weight excluding hydrogens is 308 g/mol. The Labute approximate surface area is 129 Å². The van der Waals surface area contributed by atoms with Crippen LogP contribution in [0.15, 0.2) is 33.5 Å². The maximum absolute atomic E-state index is 9.24. The van der Waals surface area contributed by atoms with Gasteiger partial charge in [-0.3, -0.25) is 0 Å². The molecule has 1 atom stereocenters. The number of thiazole rings is 1. The van der Waals surface area contributed by atoms with Gasteiger partial charge in [-0.15, -0.1) is 11.3 Å². The number of furan rings is 1. The van der Waals surface area contributed by atoms with Crippen LogP contribution < -0.4 is 5.32 Å². The monoisotopic (exact) mass is 322 g/mol. The number of anilines is 1. The zero-order valence-electron chi connectivity index (χ0n) is 11.3. The molecule has 2 N–H and O–H groups in total. The number of nitrogens with zero attached hydrogens (tertiary/aromatic N) is 3. The molecule has 3 aromatic rings. The van der Waals surface area contributed by atoms with Gasteiger partial charge < -0.3 is 14.8 Å². The molecule has 3 rings (SSSR count). The molecule has 21 heavy (non-hydrogen) atoms. The molecule has 0 saturated heterocycles. The van der Waals surface area contributed by atoms with Gasteiger partial charge in [-0.05, 0) is 24.8 Å². The largest absolute Gasteiger partial charge is 0.467 e. The standard InChI is InChI=1S/C13H14N4O2S2/c1-20-13-17-12-10(21-13)11(14-7-15-12)16-8(4-5-18)9-3-2-6-19-9/h2-3,6-8,18H,4-5H2,1H3,(H,14,15,16). The van der Waals surface area contributed by atoms with Crippen LogP contribution in [0.4, 0.5) is 5.82 Å². The molecule has 0 aliphatic carbocycles. The molecule has 0 aromatic carbocycles. The van der Waals surface area contributed by atoms with Crippen LogP contribution in [-0.4, -0.2) is 32.9 Å². The molecule has 0 saturated carbocycles. The SMILES string of the molecule is CSc1nc2ncnc(NC(CCO)c3ccco3)c2s1. The molecule has 0 bridgehead atoms. The van der Waals surface area contributed by atoms with Crippen molar-refractivity contribution in [1.82, 2.24) is 15.0 Å². The summed E-state index contributed by atoms with van der Waals surface area (Å²) >= 11 is 3.14. The van der Waals surface area contributed by atoms with Gasteiger partial charge in [-0.1, -0.05) is 11.8 Å². The van der Waals surface area contributed by atoms with E-state index in [-0.39, 0.29) is 12.6 Å². The number of aliphatic hydroxyl groups excluding tert-OH is 1. The summed E-state index contributed by atoms with van der Waals surface area (Å²) in [6.45, 7) is 0.0609. The Hall–Kier alpha value is -1.64. The normalized spacial score (nSPS) is 12.7. The number of rotatable bonds is 6. The Bertz CT molecular complexity index is 714. The lowest BCUT2D eigenvalue weighted by Crippen LogP contribution is -2.13. The lowest BCUT2D eigenvalue weighted by molar-refractivity contribution is 0.273. The molecule has 0 fully saturated rings. The third kappa shape index (κ3) is 3.02. The van der Waals surface area contributed by atoms with Gasteiger partial charge in [-0.2, -0.15) is 0 Å². The van der Waals surface area contributed by atoms with E-state index in [0.717, 1.165) is 14.8 Å². The van der Waals surface area contributed by atoms with Crippen LogP contribution in [0.3, 0.4) is 0 Å². The number of nitrogens with one attached hydrogen (secondary N) is 1. The van der Waals surface area contributed by atoms with Crippen molar-refractivity contribution >= 4 is 39.3 Å². The molecule has 0 radical (unpaired) electrons. The van der Waals surface area contributed by atoms with E-state index in [2.05, 4.69) is 20.3 Å². The molecule has 3 aromatic heterocycles. The molecule has 110 valence electrons. The number of thioether (sulfide) groups is 1. The Kier molecular flexibility index (Phi) is 4.37. The number of hydrogen-bond acceptors (Lipinski definition) is 8. The third-order valence-corrected chi connectivity index (χ3v) is 5.00. The van der Waals surface area contributed by atoms with Crippen molar-refractivity contribution in [2.45, 2.75) is 16.8 Å². The number of hydrogen-bond donors (Lipinski definition) is 2. The van der Waals surface area contributed by atoms with Gasteiger partial charge in [0.15, 0.2) is 9.99 Å². The topological polar surface area (TPSA) is 84.1 Å². The zero-order valence-corrected chi connectivity index (χ0v) is 12.9. The van der Waals surface area contributed by atoms with E-state index < -0.39 is 0 Å². The van der Waals surface area contributed by atoms with Crippen molar-refractivity contribution in [1.29, 1.82) is 0 Å². The van der Waals surface area contributed by atoms with E-state index in [9.17, 15) is 5.11 Å². The van der Waals surface area contributed by atoms with Crippen molar-refractivity contribution in [2.75, 3.05) is 18.2 Å². The predicted molar refractivity (Wildman–Crippen MR) is 83.8 cm³/mol. The highest BCUT2D eigenvalue weighted by Crippen LogP contribution is 2.33.